The van der Waals surface area contributed by atoms with Gasteiger partial charge in [0.15, 0.2) is 0 Å². The summed E-state index contributed by atoms with van der Waals surface area (Å²) in [7, 11) is 0. The predicted molar refractivity (Wildman–Crippen MR) is 78.5 cm³/mol. The zero-order valence-electron chi connectivity index (χ0n) is 12.8. The SMILES string of the molecule is CCC1CN(C(=O)CC2CC3CCC(C2)N3)CC(C)O1. The van der Waals surface area contributed by atoms with Crippen molar-refractivity contribution >= 4 is 5.91 Å². The zero-order valence-corrected chi connectivity index (χ0v) is 12.8. The van der Waals surface area contributed by atoms with Gasteiger partial charge in [-0.2, -0.15) is 0 Å². The Morgan fingerprint density at radius 2 is 1.95 bits per heavy atom. The van der Waals surface area contributed by atoms with Crippen molar-refractivity contribution < 1.29 is 9.53 Å². The van der Waals surface area contributed by atoms with Gasteiger partial charge in [0.25, 0.3) is 0 Å². The third-order valence-corrected chi connectivity index (χ3v) is 5.17. The number of fused-ring (bicyclic) bond motifs is 2. The fourth-order valence-electron chi connectivity index (χ4n) is 4.19. The molecule has 1 N–H and O–H groups in total. The number of morpholine rings is 1. The molecule has 3 saturated heterocycles. The van der Waals surface area contributed by atoms with Gasteiger partial charge in [-0.1, -0.05) is 6.92 Å². The summed E-state index contributed by atoms with van der Waals surface area (Å²) in [6, 6.07) is 1.36. The predicted octanol–water partition coefficient (Wildman–Crippen LogP) is 1.93. The highest BCUT2D eigenvalue weighted by Crippen LogP contribution is 2.33. The molecular weight excluding hydrogens is 252 g/mol. The molecule has 4 nitrogen and oxygen atoms in total. The number of amides is 1. The highest BCUT2D eigenvalue weighted by Gasteiger charge is 2.35. The first-order chi connectivity index (χ1) is 9.64. The quantitative estimate of drug-likeness (QED) is 0.859. The molecule has 20 heavy (non-hydrogen) atoms. The number of nitrogens with zero attached hydrogens (tertiary/aromatic N) is 1. The lowest BCUT2D eigenvalue weighted by molar-refractivity contribution is -0.145. The van der Waals surface area contributed by atoms with Crippen molar-refractivity contribution in [1.29, 1.82) is 0 Å². The van der Waals surface area contributed by atoms with E-state index in [1.54, 1.807) is 0 Å². The molecule has 3 rings (SSSR count). The zero-order chi connectivity index (χ0) is 14.1. The second kappa shape index (κ2) is 6.02. The third kappa shape index (κ3) is 3.17. The molecule has 3 aliphatic rings. The molecule has 0 aromatic rings. The molecule has 2 bridgehead atoms. The van der Waals surface area contributed by atoms with Crippen LogP contribution in [0.25, 0.3) is 0 Å². The van der Waals surface area contributed by atoms with Gasteiger partial charge in [0, 0.05) is 31.6 Å². The van der Waals surface area contributed by atoms with E-state index in [1.807, 2.05) is 4.90 Å². The molecule has 4 unspecified atom stereocenters. The van der Waals surface area contributed by atoms with E-state index >= 15 is 0 Å². The van der Waals surface area contributed by atoms with Gasteiger partial charge in [-0.25, -0.2) is 0 Å². The lowest BCUT2D eigenvalue weighted by atomic mass is 9.89. The summed E-state index contributed by atoms with van der Waals surface area (Å²) in [5.74, 6) is 0.948. The van der Waals surface area contributed by atoms with Crippen LogP contribution in [0.4, 0.5) is 0 Å². The Morgan fingerprint density at radius 1 is 1.25 bits per heavy atom. The normalized spacial score (nSPS) is 40.9. The molecule has 0 aromatic heterocycles. The second-order valence-electron chi connectivity index (χ2n) is 6.96. The number of nitrogens with one attached hydrogen (secondary N) is 1. The van der Waals surface area contributed by atoms with Gasteiger partial charge in [0.05, 0.1) is 12.2 Å². The van der Waals surface area contributed by atoms with Crippen LogP contribution in [0.15, 0.2) is 0 Å². The molecule has 114 valence electrons. The minimum atomic E-state index is 0.182. The third-order valence-electron chi connectivity index (χ3n) is 5.17. The summed E-state index contributed by atoms with van der Waals surface area (Å²) in [4.78, 5) is 14.6. The molecule has 3 heterocycles. The van der Waals surface area contributed by atoms with Crippen LogP contribution < -0.4 is 5.32 Å². The second-order valence-corrected chi connectivity index (χ2v) is 6.96. The van der Waals surface area contributed by atoms with E-state index in [0.29, 0.717) is 23.9 Å². The van der Waals surface area contributed by atoms with E-state index in [1.165, 1.54) is 25.7 Å². The summed E-state index contributed by atoms with van der Waals surface area (Å²) in [5, 5.41) is 3.65. The number of hydrogen-bond donors (Lipinski definition) is 1. The minimum Gasteiger partial charge on any atom is -0.372 e. The summed E-state index contributed by atoms with van der Waals surface area (Å²) in [6.45, 7) is 5.77. The van der Waals surface area contributed by atoms with E-state index < -0.39 is 0 Å². The van der Waals surface area contributed by atoms with Gasteiger partial charge in [-0.15, -0.1) is 0 Å². The van der Waals surface area contributed by atoms with Crippen LogP contribution in [0, 0.1) is 5.92 Å². The number of hydrogen-bond acceptors (Lipinski definition) is 3. The molecule has 0 spiro atoms. The maximum Gasteiger partial charge on any atom is 0.223 e. The minimum absolute atomic E-state index is 0.182. The maximum atomic E-state index is 12.6. The smallest absolute Gasteiger partial charge is 0.223 e. The molecule has 4 atom stereocenters. The van der Waals surface area contributed by atoms with Crippen molar-refractivity contribution in [3.05, 3.63) is 0 Å². The Morgan fingerprint density at radius 3 is 2.60 bits per heavy atom. The average molecular weight is 280 g/mol. The van der Waals surface area contributed by atoms with Crippen LogP contribution in [-0.4, -0.2) is 48.2 Å². The molecule has 3 aliphatic heterocycles. The molecule has 4 heteroatoms. The fraction of sp³-hybridized carbons (Fsp3) is 0.938. The first-order valence-corrected chi connectivity index (χ1v) is 8.33. The first-order valence-electron chi connectivity index (χ1n) is 8.33. The van der Waals surface area contributed by atoms with Crippen LogP contribution in [0.3, 0.4) is 0 Å². The molecule has 0 aliphatic carbocycles. The molecule has 1 amide bonds. The summed E-state index contributed by atoms with van der Waals surface area (Å²) in [6.07, 6.45) is 7.15. The van der Waals surface area contributed by atoms with Gasteiger partial charge in [-0.05, 0) is 44.9 Å². The standard InChI is InChI=1S/C16H28N2O2/c1-3-15-10-18(9-11(2)20-15)16(19)8-12-6-13-4-5-14(7-12)17-13/h11-15,17H,3-10H2,1-2H3. The van der Waals surface area contributed by atoms with E-state index in [4.69, 9.17) is 4.74 Å². The van der Waals surface area contributed by atoms with Crippen LogP contribution in [0.5, 0.6) is 0 Å². The van der Waals surface area contributed by atoms with E-state index in [0.717, 1.165) is 25.9 Å². The molecule has 0 saturated carbocycles. The topological polar surface area (TPSA) is 41.6 Å². The van der Waals surface area contributed by atoms with Gasteiger partial charge < -0.3 is 15.0 Å². The van der Waals surface area contributed by atoms with E-state index in [9.17, 15) is 4.79 Å². The average Bonchev–Trinajstić information content (AvgIpc) is 2.77. The van der Waals surface area contributed by atoms with E-state index in [-0.39, 0.29) is 12.2 Å². The van der Waals surface area contributed by atoms with Crippen LogP contribution in [0.1, 0.15) is 52.4 Å². The van der Waals surface area contributed by atoms with Crippen molar-refractivity contribution in [2.45, 2.75) is 76.7 Å². The van der Waals surface area contributed by atoms with Gasteiger partial charge >= 0.3 is 0 Å². The molecule has 0 radical (unpaired) electrons. The lowest BCUT2D eigenvalue weighted by Gasteiger charge is -2.38. The highest BCUT2D eigenvalue weighted by atomic mass is 16.5. The van der Waals surface area contributed by atoms with Crippen molar-refractivity contribution in [3.8, 4) is 0 Å². The Hall–Kier alpha value is -0.610. The number of carbonyl (C=O) groups excluding carboxylic acids is 1. The summed E-state index contributed by atoms with van der Waals surface area (Å²) < 4.78 is 5.85. The number of ether oxygens (including phenoxy) is 1. The Labute approximate surface area is 122 Å². The van der Waals surface area contributed by atoms with E-state index in [2.05, 4.69) is 19.2 Å². The van der Waals surface area contributed by atoms with Gasteiger partial charge in [0.2, 0.25) is 5.91 Å². The van der Waals surface area contributed by atoms with Gasteiger partial charge in [-0.3, -0.25) is 4.79 Å². The maximum absolute atomic E-state index is 12.6. The first kappa shape index (κ1) is 14.3. The summed E-state index contributed by atoms with van der Waals surface area (Å²) >= 11 is 0. The number of piperidine rings is 1. The Balaban J connectivity index is 1.53. The van der Waals surface area contributed by atoms with Gasteiger partial charge in [0.1, 0.15) is 0 Å². The monoisotopic (exact) mass is 280 g/mol. The van der Waals surface area contributed by atoms with Crippen LogP contribution >= 0.6 is 0 Å². The largest absolute Gasteiger partial charge is 0.372 e. The number of rotatable bonds is 3. The lowest BCUT2D eigenvalue weighted by Crippen LogP contribution is -2.49. The molecule has 0 aromatic carbocycles. The van der Waals surface area contributed by atoms with Crippen molar-refractivity contribution in [2.24, 2.45) is 5.92 Å². The van der Waals surface area contributed by atoms with Crippen molar-refractivity contribution in [1.82, 2.24) is 10.2 Å². The summed E-state index contributed by atoms with van der Waals surface area (Å²) in [5.41, 5.74) is 0. The Bertz CT molecular complexity index is 348. The van der Waals surface area contributed by atoms with Crippen LogP contribution in [0.2, 0.25) is 0 Å². The highest BCUT2D eigenvalue weighted by molar-refractivity contribution is 5.76. The van der Waals surface area contributed by atoms with Crippen molar-refractivity contribution in [3.63, 3.8) is 0 Å². The Kier molecular flexibility index (Phi) is 4.32. The fourth-order valence-corrected chi connectivity index (χ4v) is 4.19. The molecular formula is C16H28N2O2. The van der Waals surface area contributed by atoms with Crippen molar-refractivity contribution in [2.75, 3.05) is 13.1 Å². The van der Waals surface area contributed by atoms with Crippen LogP contribution in [-0.2, 0) is 9.53 Å². The number of carbonyl (C=O) groups is 1. The molecule has 3 fully saturated rings.